The van der Waals surface area contributed by atoms with Crippen molar-refractivity contribution in [1.29, 1.82) is 0 Å². The lowest BCUT2D eigenvalue weighted by Gasteiger charge is -2.06. The fourth-order valence-electron chi connectivity index (χ4n) is 2.07. The molecule has 0 aliphatic rings. The lowest BCUT2D eigenvalue weighted by molar-refractivity contribution is 0.112. The van der Waals surface area contributed by atoms with Crippen molar-refractivity contribution in [3.63, 3.8) is 0 Å². The van der Waals surface area contributed by atoms with E-state index in [9.17, 15) is 13.2 Å². The molecular formula is C13H15NO3S. The van der Waals surface area contributed by atoms with Gasteiger partial charge in [0.2, 0.25) is 0 Å². The summed E-state index contributed by atoms with van der Waals surface area (Å²) in [5.41, 5.74) is 1.51. The number of aryl methyl sites for hydroxylation is 1. The number of hydrogen-bond acceptors (Lipinski definition) is 3. The first kappa shape index (κ1) is 12.8. The van der Waals surface area contributed by atoms with E-state index in [0.717, 1.165) is 17.2 Å². The third-order valence-corrected chi connectivity index (χ3v) is 3.89. The molecule has 0 radical (unpaired) electrons. The molecule has 2 rings (SSSR count). The number of hydrogen-bond donors (Lipinski definition) is 0. The number of rotatable bonds is 5. The number of nitrogens with zero attached hydrogens (tertiary/aromatic N) is 1. The van der Waals surface area contributed by atoms with Crippen LogP contribution in [0.2, 0.25) is 0 Å². The lowest BCUT2D eigenvalue weighted by Crippen LogP contribution is -2.07. The zero-order chi connectivity index (χ0) is 13.2. The monoisotopic (exact) mass is 265 g/mol. The Hall–Kier alpha value is -1.62. The summed E-state index contributed by atoms with van der Waals surface area (Å²) in [5.74, 6) is 0.163. The van der Waals surface area contributed by atoms with Gasteiger partial charge in [0, 0.05) is 29.9 Å². The highest BCUT2D eigenvalue weighted by Gasteiger charge is 2.07. The molecule has 0 amide bonds. The number of carbonyl (C=O) groups is 1. The zero-order valence-corrected chi connectivity index (χ0v) is 11.0. The Morgan fingerprint density at radius 1 is 1.28 bits per heavy atom. The van der Waals surface area contributed by atoms with Gasteiger partial charge in [0.05, 0.1) is 11.3 Å². The van der Waals surface area contributed by atoms with E-state index in [1.54, 1.807) is 6.07 Å². The fraction of sp³-hybridized carbons (Fsp3) is 0.308. The van der Waals surface area contributed by atoms with Crippen molar-refractivity contribution in [2.45, 2.75) is 13.0 Å². The predicted octanol–water partition coefficient (Wildman–Crippen LogP) is 1.89. The van der Waals surface area contributed by atoms with Gasteiger partial charge in [-0.15, -0.1) is 0 Å². The molecule has 5 heteroatoms. The molecule has 0 aliphatic carbocycles. The van der Waals surface area contributed by atoms with Gasteiger partial charge in [-0.25, -0.2) is 8.42 Å². The number of para-hydroxylation sites is 1. The minimum absolute atomic E-state index is 0.163. The SMILES string of the molecule is CS(=O)(=O)CCCn1ccc2cccc(C=O)c21. The van der Waals surface area contributed by atoms with Crippen LogP contribution < -0.4 is 0 Å². The van der Waals surface area contributed by atoms with Gasteiger partial charge in [-0.2, -0.15) is 0 Å². The van der Waals surface area contributed by atoms with Crippen molar-refractivity contribution in [3.05, 3.63) is 36.0 Å². The summed E-state index contributed by atoms with van der Waals surface area (Å²) in [6.45, 7) is 0.599. The normalized spacial score (nSPS) is 11.8. The summed E-state index contributed by atoms with van der Waals surface area (Å²) in [5, 5.41) is 0.999. The third kappa shape index (κ3) is 2.79. The van der Waals surface area contributed by atoms with E-state index in [0.29, 0.717) is 18.5 Å². The molecule has 0 saturated heterocycles. The Kier molecular flexibility index (Phi) is 3.52. The molecule has 0 atom stereocenters. The highest BCUT2D eigenvalue weighted by Crippen LogP contribution is 2.19. The Morgan fingerprint density at radius 2 is 2.06 bits per heavy atom. The minimum Gasteiger partial charge on any atom is -0.347 e. The second-order valence-electron chi connectivity index (χ2n) is 4.40. The molecule has 0 fully saturated rings. The van der Waals surface area contributed by atoms with Crippen LogP contribution in [-0.4, -0.2) is 31.3 Å². The molecular weight excluding hydrogens is 250 g/mol. The first-order chi connectivity index (χ1) is 8.51. The van der Waals surface area contributed by atoms with Crippen molar-refractivity contribution in [2.24, 2.45) is 0 Å². The van der Waals surface area contributed by atoms with Gasteiger partial charge < -0.3 is 4.57 Å². The molecule has 0 bridgehead atoms. The van der Waals surface area contributed by atoms with Crippen LogP contribution in [0.25, 0.3) is 10.9 Å². The molecule has 0 N–H and O–H groups in total. The molecule has 0 unspecified atom stereocenters. The van der Waals surface area contributed by atoms with Crippen LogP contribution in [-0.2, 0) is 16.4 Å². The maximum atomic E-state index is 11.1. The van der Waals surface area contributed by atoms with Gasteiger partial charge in [0.25, 0.3) is 0 Å². The summed E-state index contributed by atoms with van der Waals surface area (Å²) in [7, 11) is -2.93. The van der Waals surface area contributed by atoms with Gasteiger partial charge in [0.1, 0.15) is 9.84 Å². The first-order valence-electron chi connectivity index (χ1n) is 5.72. The van der Waals surface area contributed by atoms with E-state index in [1.807, 2.05) is 29.0 Å². The summed E-state index contributed by atoms with van der Waals surface area (Å²) in [6, 6.07) is 7.48. The van der Waals surface area contributed by atoms with E-state index in [1.165, 1.54) is 6.26 Å². The summed E-state index contributed by atoms with van der Waals surface area (Å²) < 4.78 is 24.1. The van der Waals surface area contributed by atoms with Crippen LogP contribution in [0.1, 0.15) is 16.8 Å². The topological polar surface area (TPSA) is 56.1 Å². The number of aldehydes is 1. The largest absolute Gasteiger partial charge is 0.347 e. The molecule has 96 valence electrons. The van der Waals surface area contributed by atoms with Crippen LogP contribution in [0.5, 0.6) is 0 Å². The number of carbonyl (C=O) groups excluding carboxylic acids is 1. The highest BCUT2D eigenvalue weighted by molar-refractivity contribution is 7.90. The quantitative estimate of drug-likeness (QED) is 0.776. The molecule has 0 saturated carbocycles. The van der Waals surface area contributed by atoms with Crippen molar-refractivity contribution in [3.8, 4) is 0 Å². The Morgan fingerprint density at radius 3 is 2.72 bits per heavy atom. The Labute approximate surface area is 106 Å². The van der Waals surface area contributed by atoms with Crippen molar-refractivity contribution >= 4 is 27.0 Å². The lowest BCUT2D eigenvalue weighted by atomic mass is 10.1. The zero-order valence-electron chi connectivity index (χ0n) is 10.2. The highest BCUT2D eigenvalue weighted by atomic mass is 32.2. The second kappa shape index (κ2) is 4.94. The van der Waals surface area contributed by atoms with E-state index >= 15 is 0 Å². The van der Waals surface area contributed by atoms with Gasteiger partial charge in [0.15, 0.2) is 6.29 Å². The van der Waals surface area contributed by atoms with Crippen LogP contribution in [0.15, 0.2) is 30.5 Å². The van der Waals surface area contributed by atoms with Crippen molar-refractivity contribution in [2.75, 3.05) is 12.0 Å². The predicted molar refractivity (Wildman–Crippen MR) is 71.7 cm³/mol. The van der Waals surface area contributed by atoms with Crippen molar-refractivity contribution < 1.29 is 13.2 Å². The van der Waals surface area contributed by atoms with Crippen molar-refractivity contribution in [1.82, 2.24) is 4.57 Å². The number of aromatic nitrogens is 1. The van der Waals surface area contributed by atoms with Gasteiger partial charge >= 0.3 is 0 Å². The van der Waals surface area contributed by atoms with Crippen LogP contribution in [0.4, 0.5) is 0 Å². The molecule has 1 aromatic heterocycles. The minimum atomic E-state index is -2.93. The van der Waals surface area contributed by atoms with Gasteiger partial charge in [-0.05, 0) is 18.6 Å². The molecule has 0 spiro atoms. The molecule has 1 aromatic carbocycles. The van der Waals surface area contributed by atoms with Gasteiger partial charge in [-0.3, -0.25) is 4.79 Å². The Bertz CT molecular complexity index is 671. The first-order valence-corrected chi connectivity index (χ1v) is 7.78. The maximum absolute atomic E-state index is 11.1. The van der Waals surface area contributed by atoms with E-state index in [4.69, 9.17) is 0 Å². The van der Waals surface area contributed by atoms with Crippen LogP contribution in [0.3, 0.4) is 0 Å². The molecule has 18 heavy (non-hydrogen) atoms. The number of benzene rings is 1. The molecule has 0 aliphatic heterocycles. The number of fused-ring (bicyclic) bond motifs is 1. The van der Waals surface area contributed by atoms with Gasteiger partial charge in [-0.1, -0.05) is 12.1 Å². The van der Waals surface area contributed by atoms with E-state index in [2.05, 4.69) is 0 Å². The molecule has 4 nitrogen and oxygen atoms in total. The average Bonchev–Trinajstić information content (AvgIpc) is 2.71. The van der Waals surface area contributed by atoms with E-state index < -0.39 is 9.84 Å². The standard InChI is InChI=1S/C13H15NO3S/c1-18(16,17)9-3-7-14-8-6-11-4-2-5-12(10-15)13(11)14/h2,4-6,8,10H,3,7,9H2,1H3. The third-order valence-electron chi connectivity index (χ3n) is 2.86. The second-order valence-corrected chi connectivity index (χ2v) is 6.66. The smallest absolute Gasteiger partial charge is 0.152 e. The van der Waals surface area contributed by atoms with Crippen LogP contribution >= 0.6 is 0 Å². The summed E-state index contributed by atoms with van der Waals surface area (Å²) in [6.07, 6.45) is 4.50. The van der Waals surface area contributed by atoms with E-state index in [-0.39, 0.29) is 5.75 Å². The van der Waals surface area contributed by atoms with Crippen LogP contribution in [0, 0.1) is 0 Å². The average molecular weight is 265 g/mol. The fourth-order valence-corrected chi connectivity index (χ4v) is 2.72. The number of sulfone groups is 1. The summed E-state index contributed by atoms with van der Waals surface area (Å²) >= 11 is 0. The summed E-state index contributed by atoms with van der Waals surface area (Å²) in [4.78, 5) is 11.0. The molecule has 2 aromatic rings. The Balaban J connectivity index is 2.26. The maximum Gasteiger partial charge on any atom is 0.152 e. The molecule has 1 heterocycles.